The van der Waals surface area contributed by atoms with E-state index in [4.69, 9.17) is 9.47 Å². The van der Waals surface area contributed by atoms with Gasteiger partial charge in [0, 0.05) is 36.5 Å². The maximum atomic E-state index is 12.6. The van der Waals surface area contributed by atoms with Crippen molar-refractivity contribution in [3.63, 3.8) is 0 Å². The van der Waals surface area contributed by atoms with Crippen molar-refractivity contribution in [3.05, 3.63) is 52.3 Å². The number of fused-ring (bicyclic) bond motifs is 1. The maximum Gasteiger partial charge on any atom is 0.306 e. The van der Waals surface area contributed by atoms with Gasteiger partial charge in [0.2, 0.25) is 5.78 Å². The first kappa shape index (κ1) is 21.7. The molecule has 0 aliphatic carbocycles. The first-order chi connectivity index (χ1) is 15.0. The van der Waals surface area contributed by atoms with Crippen LogP contribution in [0.25, 0.3) is 10.2 Å². The zero-order valence-electron chi connectivity index (χ0n) is 18.1. The minimum absolute atomic E-state index is 0.161. The van der Waals surface area contributed by atoms with Crippen molar-refractivity contribution in [2.24, 2.45) is 0 Å². The van der Waals surface area contributed by atoms with Gasteiger partial charge in [0.05, 0.1) is 21.3 Å². The second kappa shape index (κ2) is 9.75. The molecule has 1 aromatic carbocycles. The molecule has 3 heterocycles. The summed E-state index contributed by atoms with van der Waals surface area (Å²) in [7, 11) is 0. The lowest BCUT2D eigenvalue weighted by Crippen LogP contribution is -2.18. The van der Waals surface area contributed by atoms with E-state index >= 15 is 0 Å². The number of esters is 1. The number of carbonyl (C=O) groups is 2. The molecule has 7 heteroatoms. The van der Waals surface area contributed by atoms with Gasteiger partial charge in [-0.15, -0.1) is 11.3 Å². The van der Waals surface area contributed by atoms with Crippen LogP contribution in [0.2, 0.25) is 0 Å². The topological polar surface area (TPSA) is 70.4 Å². The summed E-state index contributed by atoms with van der Waals surface area (Å²) in [6.07, 6.45) is 4.01. The summed E-state index contributed by atoms with van der Waals surface area (Å²) >= 11 is 1.65. The van der Waals surface area contributed by atoms with Crippen LogP contribution in [0.3, 0.4) is 0 Å². The van der Waals surface area contributed by atoms with Gasteiger partial charge in [-0.05, 0) is 57.7 Å². The molecule has 0 bridgehead atoms. The monoisotopic (exact) mass is 440 g/mol. The lowest BCUT2D eigenvalue weighted by atomic mass is 10.1. The summed E-state index contributed by atoms with van der Waals surface area (Å²) in [4.78, 5) is 29.3. The molecule has 0 amide bonds. The summed E-state index contributed by atoms with van der Waals surface area (Å²) in [5.41, 5.74) is 3.55. The molecule has 0 N–H and O–H groups in total. The van der Waals surface area contributed by atoms with Gasteiger partial charge in [-0.3, -0.25) is 9.59 Å². The first-order valence-electron chi connectivity index (χ1n) is 10.8. The number of benzene rings is 1. The van der Waals surface area contributed by atoms with Crippen LogP contribution < -0.4 is 0 Å². The number of nitrogens with zero attached hydrogens (tertiary/aromatic N) is 2. The molecular weight excluding hydrogens is 412 g/mol. The van der Waals surface area contributed by atoms with Crippen LogP contribution in [0.15, 0.2) is 30.3 Å². The van der Waals surface area contributed by atoms with Gasteiger partial charge in [0.15, 0.2) is 6.61 Å². The second-order valence-electron chi connectivity index (χ2n) is 8.04. The summed E-state index contributed by atoms with van der Waals surface area (Å²) in [6, 6.07) is 9.90. The van der Waals surface area contributed by atoms with E-state index in [-0.39, 0.29) is 30.9 Å². The maximum absolute atomic E-state index is 12.6. The van der Waals surface area contributed by atoms with Crippen molar-refractivity contribution >= 4 is 33.3 Å². The van der Waals surface area contributed by atoms with Crippen LogP contribution in [0, 0.1) is 13.8 Å². The number of thiazole rings is 1. The Morgan fingerprint density at radius 1 is 1.29 bits per heavy atom. The molecule has 1 saturated heterocycles. The molecule has 1 atom stereocenters. The number of ether oxygens (including phenoxy) is 2. The lowest BCUT2D eigenvalue weighted by Gasteiger charge is -2.14. The van der Waals surface area contributed by atoms with E-state index in [1.165, 1.54) is 0 Å². The highest BCUT2D eigenvalue weighted by molar-refractivity contribution is 7.18. The van der Waals surface area contributed by atoms with Gasteiger partial charge < -0.3 is 14.0 Å². The number of aryl methyl sites for hydroxylation is 2. The van der Waals surface area contributed by atoms with Gasteiger partial charge in [-0.1, -0.05) is 12.1 Å². The van der Waals surface area contributed by atoms with Gasteiger partial charge in [-0.25, -0.2) is 4.98 Å². The van der Waals surface area contributed by atoms with Crippen molar-refractivity contribution in [2.75, 3.05) is 13.2 Å². The molecule has 31 heavy (non-hydrogen) atoms. The van der Waals surface area contributed by atoms with Crippen molar-refractivity contribution in [2.45, 2.75) is 58.6 Å². The third-order valence-corrected chi connectivity index (χ3v) is 6.85. The van der Waals surface area contributed by atoms with Gasteiger partial charge >= 0.3 is 5.97 Å². The fourth-order valence-corrected chi connectivity index (χ4v) is 5.07. The lowest BCUT2D eigenvalue weighted by molar-refractivity contribution is -0.142. The molecule has 3 aromatic rings. The van der Waals surface area contributed by atoms with Crippen LogP contribution in [0.1, 0.15) is 52.4 Å². The van der Waals surface area contributed by atoms with E-state index < -0.39 is 0 Å². The third kappa shape index (κ3) is 5.22. The van der Waals surface area contributed by atoms with Crippen LogP contribution in [-0.4, -0.2) is 40.6 Å². The molecule has 0 saturated carbocycles. The average molecular weight is 441 g/mol. The Balaban J connectivity index is 1.24. The van der Waals surface area contributed by atoms with Crippen molar-refractivity contribution in [3.8, 4) is 0 Å². The Morgan fingerprint density at radius 2 is 2.13 bits per heavy atom. The van der Waals surface area contributed by atoms with Gasteiger partial charge in [0.1, 0.15) is 0 Å². The molecular formula is C24H28N2O4S. The largest absolute Gasteiger partial charge is 0.457 e. The predicted molar refractivity (Wildman–Crippen MR) is 121 cm³/mol. The summed E-state index contributed by atoms with van der Waals surface area (Å²) in [5.74, 6) is -0.506. The molecule has 2 aromatic heterocycles. The standard InChI is InChI=1S/C24H28N2O4S/c1-16-13-19(17(2)26(16)14-18-7-6-12-29-18)21(27)15-30-24(28)11-5-10-23-25-20-8-3-4-9-22(20)31-23/h3-4,8-9,13,18H,5-7,10-12,14-15H2,1-2H3/t18-/m0/s1. The van der Waals surface area contributed by atoms with E-state index in [0.717, 1.165) is 59.0 Å². The van der Waals surface area contributed by atoms with Crippen molar-refractivity contribution in [1.82, 2.24) is 9.55 Å². The zero-order chi connectivity index (χ0) is 21.8. The molecule has 0 spiro atoms. The molecule has 0 unspecified atom stereocenters. The number of rotatable bonds is 9. The Hall–Kier alpha value is -2.51. The quantitative estimate of drug-likeness (QED) is 0.358. The molecule has 1 aliphatic heterocycles. The number of hydrogen-bond donors (Lipinski definition) is 0. The fourth-order valence-electron chi connectivity index (χ4n) is 4.06. The highest BCUT2D eigenvalue weighted by atomic mass is 32.1. The molecule has 0 radical (unpaired) electrons. The highest BCUT2D eigenvalue weighted by Gasteiger charge is 2.21. The van der Waals surface area contributed by atoms with Gasteiger partial charge in [0.25, 0.3) is 0 Å². The molecule has 4 rings (SSSR count). The molecule has 164 valence electrons. The zero-order valence-corrected chi connectivity index (χ0v) is 18.9. The first-order valence-corrected chi connectivity index (χ1v) is 11.6. The van der Waals surface area contributed by atoms with E-state index in [0.29, 0.717) is 12.0 Å². The predicted octanol–water partition coefficient (Wildman–Crippen LogP) is 4.64. The second-order valence-corrected chi connectivity index (χ2v) is 9.16. The number of Topliss-reactive ketones (excluding diaryl/α,β-unsaturated/α-hetero) is 1. The fraction of sp³-hybridized carbons (Fsp3) is 0.458. The van der Waals surface area contributed by atoms with E-state index in [1.807, 2.05) is 44.2 Å². The van der Waals surface area contributed by atoms with Crippen molar-refractivity contribution < 1.29 is 19.1 Å². The molecule has 6 nitrogen and oxygen atoms in total. The number of hydrogen-bond acceptors (Lipinski definition) is 6. The summed E-state index contributed by atoms with van der Waals surface area (Å²) in [6.45, 7) is 5.28. The van der Waals surface area contributed by atoms with Crippen LogP contribution in [0.4, 0.5) is 0 Å². The van der Waals surface area contributed by atoms with E-state index in [2.05, 4.69) is 9.55 Å². The number of aromatic nitrogens is 2. The van der Waals surface area contributed by atoms with Crippen molar-refractivity contribution in [1.29, 1.82) is 0 Å². The van der Waals surface area contributed by atoms with Crippen LogP contribution >= 0.6 is 11.3 Å². The normalized spacial score (nSPS) is 16.1. The third-order valence-electron chi connectivity index (χ3n) is 5.76. The van der Waals surface area contributed by atoms with Crippen LogP contribution in [0.5, 0.6) is 0 Å². The Labute approximate surface area is 186 Å². The number of carbonyl (C=O) groups excluding carboxylic acids is 2. The number of para-hydroxylation sites is 1. The molecule has 1 aliphatic rings. The Kier molecular flexibility index (Phi) is 6.83. The van der Waals surface area contributed by atoms with Gasteiger partial charge in [-0.2, -0.15) is 0 Å². The highest BCUT2D eigenvalue weighted by Crippen LogP contribution is 2.23. The SMILES string of the molecule is Cc1cc(C(=O)COC(=O)CCCc2nc3ccccc3s2)c(C)n1C[C@@H]1CCCO1. The van der Waals surface area contributed by atoms with E-state index in [9.17, 15) is 9.59 Å². The Bertz CT molecular complexity index is 1050. The average Bonchev–Trinajstić information content (AvgIpc) is 3.48. The smallest absolute Gasteiger partial charge is 0.306 e. The minimum Gasteiger partial charge on any atom is -0.457 e. The summed E-state index contributed by atoms with van der Waals surface area (Å²) in [5, 5.41) is 1.02. The van der Waals surface area contributed by atoms with Crippen LogP contribution in [-0.2, 0) is 27.2 Å². The minimum atomic E-state index is -0.345. The molecule has 1 fully saturated rings. The summed E-state index contributed by atoms with van der Waals surface area (Å²) < 4.78 is 14.3. The number of ketones is 1. The van der Waals surface area contributed by atoms with E-state index in [1.54, 1.807) is 11.3 Å². The Morgan fingerprint density at radius 3 is 2.90 bits per heavy atom.